The molecule has 0 atom stereocenters. The van der Waals surface area contributed by atoms with Gasteiger partial charge in [0, 0.05) is 17.4 Å². The molecule has 1 aromatic carbocycles. The minimum atomic E-state index is -0.179. The molecule has 0 aliphatic heterocycles. The van der Waals surface area contributed by atoms with Gasteiger partial charge in [-0.2, -0.15) is 0 Å². The standard InChI is InChI=1S/C14H15N3O/c1-9-5-11(7-12(15)6-9)14(18)17-13-8-16-4-3-10(13)2/h3-8H,15H2,1-2H3,(H,17,18). The second-order valence-electron chi connectivity index (χ2n) is 4.28. The molecule has 4 nitrogen and oxygen atoms in total. The van der Waals surface area contributed by atoms with Crippen molar-refractivity contribution in [3.05, 3.63) is 53.3 Å². The van der Waals surface area contributed by atoms with Gasteiger partial charge in [0.15, 0.2) is 0 Å². The largest absolute Gasteiger partial charge is 0.399 e. The second kappa shape index (κ2) is 4.87. The molecule has 0 saturated heterocycles. The van der Waals surface area contributed by atoms with Crippen LogP contribution in [-0.2, 0) is 0 Å². The molecule has 0 saturated carbocycles. The van der Waals surface area contributed by atoms with Crippen LogP contribution < -0.4 is 11.1 Å². The molecular formula is C14H15N3O. The summed E-state index contributed by atoms with van der Waals surface area (Å²) in [7, 11) is 0. The van der Waals surface area contributed by atoms with Crippen molar-refractivity contribution in [2.24, 2.45) is 0 Å². The summed E-state index contributed by atoms with van der Waals surface area (Å²) in [5.41, 5.74) is 9.51. The van der Waals surface area contributed by atoms with Gasteiger partial charge >= 0.3 is 0 Å². The van der Waals surface area contributed by atoms with Gasteiger partial charge < -0.3 is 11.1 Å². The van der Waals surface area contributed by atoms with Crippen LogP contribution in [0.3, 0.4) is 0 Å². The van der Waals surface area contributed by atoms with E-state index in [1.807, 2.05) is 26.0 Å². The molecule has 2 rings (SSSR count). The third kappa shape index (κ3) is 2.66. The Morgan fingerprint density at radius 2 is 2.06 bits per heavy atom. The lowest BCUT2D eigenvalue weighted by molar-refractivity contribution is 0.102. The Morgan fingerprint density at radius 1 is 1.28 bits per heavy atom. The zero-order valence-electron chi connectivity index (χ0n) is 10.4. The summed E-state index contributed by atoms with van der Waals surface area (Å²) >= 11 is 0. The Hall–Kier alpha value is -2.36. The van der Waals surface area contributed by atoms with E-state index in [9.17, 15) is 4.79 Å². The van der Waals surface area contributed by atoms with Crippen molar-refractivity contribution in [3.8, 4) is 0 Å². The predicted octanol–water partition coefficient (Wildman–Crippen LogP) is 2.53. The Morgan fingerprint density at radius 3 is 2.72 bits per heavy atom. The van der Waals surface area contributed by atoms with Gasteiger partial charge in [-0.3, -0.25) is 9.78 Å². The smallest absolute Gasteiger partial charge is 0.255 e. The first kappa shape index (κ1) is 12.1. The molecular weight excluding hydrogens is 226 g/mol. The number of aryl methyl sites for hydroxylation is 2. The van der Waals surface area contributed by atoms with Crippen LogP contribution in [0.1, 0.15) is 21.5 Å². The maximum Gasteiger partial charge on any atom is 0.255 e. The lowest BCUT2D eigenvalue weighted by Gasteiger charge is -2.08. The molecule has 0 bridgehead atoms. The Labute approximate surface area is 106 Å². The molecule has 0 spiro atoms. The predicted molar refractivity (Wildman–Crippen MR) is 72.5 cm³/mol. The number of anilines is 2. The van der Waals surface area contributed by atoms with Crippen LogP contribution in [0, 0.1) is 13.8 Å². The van der Waals surface area contributed by atoms with Crippen LogP contribution in [0.4, 0.5) is 11.4 Å². The molecule has 0 unspecified atom stereocenters. The number of hydrogen-bond acceptors (Lipinski definition) is 3. The summed E-state index contributed by atoms with van der Waals surface area (Å²) in [6.07, 6.45) is 3.32. The van der Waals surface area contributed by atoms with Crippen LogP contribution in [0.25, 0.3) is 0 Å². The van der Waals surface area contributed by atoms with Crippen molar-refractivity contribution in [1.29, 1.82) is 0 Å². The fraction of sp³-hybridized carbons (Fsp3) is 0.143. The first-order chi connectivity index (χ1) is 8.56. The molecule has 2 aromatic rings. The van der Waals surface area contributed by atoms with Crippen LogP contribution in [0.5, 0.6) is 0 Å². The molecule has 1 heterocycles. The minimum Gasteiger partial charge on any atom is -0.399 e. The highest BCUT2D eigenvalue weighted by Crippen LogP contribution is 2.16. The maximum absolute atomic E-state index is 12.1. The number of nitrogens with one attached hydrogen (secondary N) is 1. The Bertz CT molecular complexity index is 573. The molecule has 0 aliphatic carbocycles. The van der Waals surface area contributed by atoms with E-state index in [2.05, 4.69) is 10.3 Å². The lowest BCUT2D eigenvalue weighted by atomic mass is 10.1. The van der Waals surface area contributed by atoms with E-state index in [1.54, 1.807) is 24.5 Å². The summed E-state index contributed by atoms with van der Waals surface area (Å²) in [6.45, 7) is 3.82. The van der Waals surface area contributed by atoms with Crippen molar-refractivity contribution in [2.75, 3.05) is 11.1 Å². The number of nitrogens with two attached hydrogens (primary N) is 1. The summed E-state index contributed by atoms with van der Waals surface area (Å²) in [6, 6.07) is 7.14. The number of amides is 1. The van der Waals surface area contributed by atoms with Crippen LogP contribution in [0.15, 0.2) is 36.7 Å². The van der Waals surface area contributed by atoms with E-state index in [1.165, 1.54) is 0 Å². The summed E-state index contributed by atoms with van der Waals surface area (Å²) in [5.74, 6) is -0.179. The van der Waals surface area contributed by atoms with Gasteiger partial charge in [0.1, 0.15) is 0 Å². The number of hydrogen-bond donors (Lipinski definition) is 2. The van der Waals surface area contributed by atoms with Gasteiger partial charge in [-0.05, 0) is 49.2 Å². The van der Waals surface area contributed by atoms with E-state index in [4.69, 9.17) is 5.73 Å². The number of pyridine rings is 1. The second-order valence-corrected chi connectivity index (χ2v) is 4.28. The average Bonchev–Trinajstić information content (AvgIpc) is 2.31. The van der Waals surface area contributed by atoms with Gasteiger partial charge in [-0.15, -0.1) is 0 Å². The lowest BCUT2D eigenvalue weighted by Crippen LogP contribution is -2.13. The molecule has 1 aromatic heterocycles. The maximum atomic E-state index is 12.1. The fourth-order valence-corrected chi connectivity index (χ4v) is 1.73. The monoisotopic (exact) mass is 241 g/mol. The van der Waals surface area contributed by atoms with Crippen molar-refractivity contribution in [3.63, 3.8) is 0 Å². The molecule has 1 amide bonds. The Kier molecular flexibility index (Phi) is 3.28. The zero-order valence-corrected chi connectivity index (χ0v) is 10.4. The number of carbonyl (C=O) groups is 1. The molecule has 0 aliphatic rings. The van der Waals surface area contributed by atoms with Crippen molar-refractivity contribution in [1.82, 2.24) is 4.98 Å². The molecule has 18 heavy (non-hydrogen) atoms. The third-order valence-corrected chi connectivity index (χ3v) is 2.65. The third-order valence-electron chi connectivity index (χ3n) is 2.65. The van der Waals surface area contributed by atoms with Crippen LogP contribution in [-0.4, -0.2) is 10.9 Å². The molecule has 92 valence electrons. The zero-order chi connectivity index (χ0) is 13.1. The van der Waals surface area contributed by atoms with Crippen LogP contribution >= 0.6 is 0 Å². The molecule has 3 N–H and O–H groups in total. The number of nitrogens with zero attached hydrogens (tertiary/aromatic N) is 1. The number of carbonyl (C=O) groups excluding carboxylic acids is 1. The molecule has 0 fully saturated rings. The number of benzene rings is 1. The molecule has 0 radical (unpaired) electrons. The first-order valence-electron chi connectivity index (χ1n) is 5.65. The number of rotatable bonds is 2. The van der Waals surface area contributed by atoms with E-state index >= 15 is 0 Å². The van der Waals surface area contributed by atoms with Crippen LogP contribution in [0.2, 0.25) is 0 Å². The highest BCUT2D eigenvalue weighted by Gasteiger charge is 2.08. The number of nitrogen functional groups attached to an aromatic ring is 1. The number of aromatic nitrogens is 1. The normalized spacial score (nSPS) is 10.1. The first-order valence-corrected chi connectivity index (χ1v) is 5.65. The van der Waals surface area contributed by atoms with Gasteiger partial charge in [0.05, 0.1) is 11.9 Å². The fourth-order valence-electron chi connectivity index (χ4n) is 1.73. The van der Waals surface area contributed by atoms with Crippen molar-refractivity contribution < 1.29 is 4.79 Å². The van der Waals surface area contributed by atoms with Crippen molar-refractivity contribution in [2.45, 2.75) is 13.8 Å². The highest BCUT2D eigenvalue weighted by molar-refractivity contribution is 6.05. The van der Waals surface area contributed by atoms with E-state index in [-0.39, 0.29) is 5.91 Å². The van der Waals surface area contributed by atoms with Gasteiger partial charge in [0.25, 0.3) is 5.91 Å². The van der Waals surface area contributed by atoms with E-state index < -0.39 is 0 Å². The van der Waals surface area contributed by atoms with Crippen molar-refractivity contribution >= 4 is 17.3 Å². The summed E-state index contributed by atoms with van der Waals surface area (Å²) in [5, 5.41) is 2.82. The van der Waals surface area contributed by atoms with Gasteiger partial charge in [-0.25, -0.2) is 0 Å². The SMILES string of the molecule is Cc1cc(N)cc(C(=O)Nc2cnccc2C)c1. The molecule has 4 heteroatoms. The van der Waals surface area contributed by atoms with Gasteiger partial charge in [0.2, 0.25) is 0 Å². The average molecular weight is 241 g/mol. The van der Waals surface area contributed by atoms with E-state index in [0.717, 1.165) is 11.1 Å². The minimum absolute atomic E-state index is 0.179. The van der Waals surface area contributed by atoms with Gasteiger partial charge in [-0.1, -0.05) is 0 Å². The summed E-state index contributed by atoms with van der Waals surface area (Å²) < 4.78 is 0. The summed E-state index contributed by atoms with van der Waals surface area (Å²) in [4.78, 5) is 16.1. The quantitative estimate of drug-likeness (QED) is 0.794. The topological polar surface area (TPSA) is 68.0 Å². The Balaban J connectivity index is 2.25. The van der Waals surface area contributed by atoms with E-state index in [0.29, 0.717) is 16.9 Å². The highest BCUT2D eigenvalue weighted by atomic mass is 16.1.